The fraction of sp³-hybridized carbons (Fsp3) is 0.0625. The summed E-state index contributed by atoms with van der Waals surface area (Å²) in [6, 6.07) is 9.56. The molecule has 0 spiro atoms. The molecule has 1 aromatic heterocycles. The molecule has 136 valence electrons. The van der Waals surface area contributed by atoms with Gasteiger partial charge in [0.05, 0.1) is 26.3 Å². The summed E-state index contributed by atoms with van der Waals surface area (Å²) in [7, 11) is -2.04. The van der Waals surface area contributed by atoms with Gasteiger partial charge in [-0.15, -0.1) is 0 Å². The third-order valence-corrected chi connectivity index (χ3v) is 6.59. The van der Waals surface area contributed by atoms with Gasteiger partial charge in [0.25, 0.3) is 10.0 Å². The Kier molecular flexibility index (Phi) is 5.38. The number of nitrogens with one attached hydrogen (secondary N) is 1. The van der Waals surface area contributed by atoms with E-state index in [2.05, 4.69) is 9.71 Å². The highest BCUT2D eigenvalue weighted by Gasteiger charge is 2.19. The number of nitrogen functional groups attached to an aromatic ring is 1. The van der Waals surface area contributed by atoms with Crippen LogP contribution in [0.4, 0.5) is 11.4 Å². The molecule has 1 heterocycles. The van der Waals surface area contributed by atoms with Crippen molar-refractivity contribution >= 4 is 56.4 Å². The van der Waals surface area contributed by atoms with Crippen molar-refractivity contribution in [1.82, 2.24) is 9.55 Å². The van der Waals surface area contributed by atoms with Gasteiger partial charge in [-0.2, -0.15) is 0 Å². The standard InChI is InChI=1S/C16H14Cl2N4O2S2/c1-22-7-6-20-16(22)25-14-5-3-2-4-13(14)21-26(23,24)10-8-11(17)15(19)12(18)9-10/h2-9,21H,19H2,1H3. The molecule has 0 unspecified atom stereocenters. The zero-order valence-electron chi connectivity index (χ0n) is 13.5. The van der Waals surface area contributed by atoms with Crippen LogP contribution in [0.25, 0.3) is 0 Å². The molecule has 26 heavy (non-hydrogen) atoms. The SMILES string of the molecule is Cn1ccnc1Sc1ccccc1NS(=O)(=O)c1cc(Cl)c(N)c(Cl)c1. The average molecular weight is 429 g/mol. The van der Waals surface area contributed by atoms with Crippen molar-refractivity contribution in [3.05, 3.63) is 58.8 Å². The van der Waals surface area contributed by atoms with Gasteiger partial charge < -0.3 is 10.3 Å². The van der Waals surface area contributed by atoms with Gasteiger partial charge in [0.1, 0.15) is 0 Å². The molecule has 0 amide bonds. The predicted molar refractivity (Wildman–Crippen MR) is 105 cm³/mol. The van der Waals surface area contributed by atoms with Gasteiger partial charge in [-0.3, -0.25) is 4.72 Å². The molecular weight excluding hydrogens is 415 g/mol. The van der Waals surface area contributed by atoms with E-state index in [9.17, 15) is 8.42 Å². The van der Waals surface area contributed by atoms with Crippen LogP contribution in [0, 0.1) is 0 Å². The molecule has 0 aliphatic carbocycles. The second-order valence-corrected chi connectivity index (χ2v) is 8.83. The molecule has 6 nitrogen and oxygen atoms in total. The van der Waals surface area contributed by atoms with Gasteiger partial charge >= 0.3 is 0 Å². The van der Waals surface area contributed by atoms with Crippen LogP contribution in [0.3, 0.4) is 0 Å². The summed E-state index contributed by atoms with van der Waals surface area (Å²) in [6.45, 7) is 0. The normalized spacial score (nSPS) is 11.5. The van der Waals surface area contributed by atoms with Gasteiger partial charge in [-0.25, -0.2) is 13.4 Å². The first-order chi connectivity index (χ1) is 12.3. The number of aryl methyl sites for hydroxylation is 1. The van der Waals surface area contributed by atoms with Crippen LogP contribution < -0.4 is 10.5 Å². The second-order valence-electron chi connectivity index (χ2n) is 5.33. The molecule has 3 rings (SSSR count). The zero-order valence-corrected chi connectivity index (χ0v) is 16.6. The molecule has 0 radical (unpaired) electrons. The Bertz CT molecular complexity index is 1040. The molecular formula is C16H14Cl2N4O2S2. The van der Waals surface area contributed by atoms with Gasteiger partial charge in [0, 0.05) is 24.3 Å². The maximum Gasteiger partial charge on any atom is 0.262 e. The van der Waals surface area contributed by atoms with Crippen molar-refractivity contribution in [2.45, 2.75) is 14.9 Å². The van der Waals surface area contributed by atoms with E-state index in [1.165, 1.54) is 23.9 Å². The average Bonchev–Trinajstić information content (AvgIpc) is 2.98. The van der Waals surface area contributed by atoms with E-state index >= 15 is 0 Å². The fourth-order valence-electron chi connectivity index (χ4n) is 2.11. The number of para-hydroxylation sites is 1. The topological polar surface area (TPSA) is 90.0 Å². The van der Waals surface area contributed by atoms with Crippen LogP contribution in [-0.2, 0) is 17.1 Å². The van der Waals surface area contributed by atoms with E-state index < -0.39 is 10.0 Å². The quantitative estimate of drug-likeness (QED) is 0.592. The van der Waals surface area contributed by atoms with E-state index in [0.717, 1.165) is 5.16 Å². The summed E-state index contributed by atoms with van der Waals surface area (Å²) in [5, 5.41) is 0.886. The number of benzene rings is 2. The van der Waals surface area contributed by atoms with Crippen LogP contribution in [-0.4, -0.2) is 18.0 Å². The number of sulfonamides is 1. The van der Waals surface area contributed by atoms with Crippen molar-refractivity contribution < 1.29 is 8.42 Å². The zero-order chi connectivity index (χ0) is 18.9. The van der Waals surface area contributed by atoms with Gasteiger partial charge in [0.2, 0.25) is 0 Å². The summed E-state index contributed by atoms with van der Waals surface area (Å²) in [6.07, 6.45) is 3.49. The first-order valence-corrected chi connectivity index (χ1v) is 10.3. The highest BCUT2D eigenvalue weighted by atomic mass is 35.5. The van der Waals surface area contributed by atoms with Crippen LogP contribution >= 0.6 is 35.0 Å². The molecule has 0 aliphatic rings. The minimum Gasteiger partial charge on any atom is -0.396 e. The van der Waals surface area contributed by atoms with Gasteiger partial charge in [-0.05, 0) is 36.0 Å². The number of nitrogens with zero attached hydrogens (tertiary/aromatic N) is 2. The summed E-state index contributed by atoms with van der Waals surface area (Å²) in [4.78, 5) is 4.88. The maximum atomic E-state index is 12.7. The first kappa shape index (κ1) is 18.9. The van der Waals surface area contributed by atoms with Crippen LogP contribution in [0.2, 0.25) is 10.0 Å². The van der Waals surface area contributed by atoms with Crippen molar-refractivity contribution in [2.24, 2.45) is 7.05 Å². The summed E-state index contributed by atoms with van der Waals surface area (Å²) in [5.41, 5.74) is 6.23. The summed E-state index contributed by atoms with van der Waals surface area (Å²) >= 11 is 13.3. The molecule has 10 heteroatoms. The molecule has 0 bridgehead atoms. The Morgan fingerprint density at radius 1 is 1.19 bits per heavy atom. The van der Waals surface area contributed by atoms with Crippen LogP contribution in [0.5, 0.6) is 0 Å². The molecule has 0 atom stereocenters. The van der Waals surface area contributed by atoms with E-state index in [-0.39, 0.29) is 20.6 Å². The third-order valence-electron chi connectivity index (χ3n) is 3.47. The Morgan fingerprint density at radius 2 is 1.85 bits per heavy atom. The fourth-order valence-corrected chi connectivity index (χ4v) is 4.81. The smallest absolute Gasteiger partial charge is 0.262 e. The Morgan fingerprint density at radius 3 is 2.46 bits per heavy atom. The monoisotopic (exact) mass is 428 g/mol. The highest BCUT2D eigenvalue weighted by Crippen LogP contribution is 2.35. The van der Waals surface area contributed by atoms with E-state index in [4.69, 9.17) is 28.9 Å². The number of aromatic nitrogens is 2. The summed E-state index contributed by atoms with van der Waals surface area (Å²) in [5.74, 6) is 0. The number of hydrogen-bond donors (Lipinski definition) is 2. The van der Waals surface area contributed by atoms with E-state index in [1.54, 1.807) is 24.4 Å². The lowest BCUT2D eigenvalue weighted by atomic mass is 10.3. The second kappa shape index (κ2) is 7.40. The number of hydrogen-bond acceptors (Lipinski definition) is 5. The minimum absolute atomic E-state index is 0.0708. The number of nitrogens with two attached hydrogens (primary N) is 1. The molecule has 0 aliphatic heterocycles. The van der Waals surface area contributed by atoms with Crippen molar-refractivity contribution in [3.8, 4) is 0 Å². The Labute approximate surface area is 165 Å². The van der Waals surface area contributed by atoms with Crippen molar-refractivity contribution in [1.29, 1.82) is 0 Å². The lowest BCUT2D eigenvalue weighted by Crippen LogP contribution is -2.14. The molecule has 0 saturated carbocycles. The number of imidazole rings is 1. The highest BCUT2D eigenvalue weighted by molar-refractivity contribution is 7.99. The van der Waals surface area contributed by atoms with Gasteiger partial charge in [-0.1, -0.05) is 35.3 Å². The number of anilines is 2. The van der Waals surface area contributed by atoms with Gasteiger partial charge in [0.15, 0.2) is 5.16 Å². The number of rotatable bonds is 5. The summed E-state index contributed by atoms with van der Waals surface area (Å²) < 4.78 is 29.9. The first-order valence-electron chi connectivity index (χ1n) is 7.29. The maximum absolute atomic E-state index is 12.7. The minimum atomic E-state index is -3.90. The molecule has 3 aromatic rings. The largest absolute Gasteiger partial charge is 0.396 e. The van der Waals surface area contributed by atoms with Crippen LogP contribution in [0.15, 0.2) is 63.7 Å². The van der Waals surface area contributed by atoms with Crippen LogP contribution in [0.1, 0.15) is 0 Å². The van der Waals surface area contributed by atoms with Crippen molar-refractivity contribution in [3.63, 3.8) is 0 Å². The van der Waals surface area contributed by atoms with E-state index in [1.807, 2.05) is 23.9 Å². The number of halogens is 2. The molecule has 0 fully saturated rings. The molecule has 2 aromatic carbocycles. The molecule has 3 N–H and O–H groups in total. The lowest BCUT2D eigenvalue weighted by Gasteiger charge is -2.13. The van der Waals surface area contributed by atoms with E-state index in [0.29, 0.717) is 10.6 Å². The van der Waals surface area contributed by atoms with Crippen molar-refractivity contribution in [2.75, 3.05) is 10.5 Å². The molecule has 0 saturated heterocycles. The Balaban J connectivity index is 1.95. The Hall–Kier alpha value is -1.87. The lowest BCUT2D eigenvalue weighted by molar-refractivity contribution is 0.601. The predicted octanol–water partition coefficient (Wildman–Crippen LogP) is 4.26. The third kappa shape index (κ3) is 3.93.